The van der Waals surface area contributed by atoms with Gasteiger partial charge in [-0.3, -0.25) is 4.98 Å². The smallest absolute Gasteiger partial charge is 0.142 e. The second-order valence-electron chi connectivity index (χ2n) is 4.82. The van der Waals surface area contributed by atoms with Crippen molar-refractivity contribution in [1.82, 2.24) is 9.97 Å². The number of nitrogen functional groups attached to an aromatic ring is 1. The standard InChI is InChI=1S/C17H14N4O/c1-22-16(11-5-3-2-4-6-11)15-12-7-8-20-10-14(12)21-17(19)13(15)9-18/h2-8,10,16H,1H3,(H2,19,21). The normalized spacial score (nSPS) is 12.0. The van der Waals surface area contributed by atoms with Crippen LogP contribution < -0.4 is 5.73 Å². The molecule has 1 atom stereocenters. The van der Waals surface area contributed by atoms with E-state index in [9.17, 15) is 5.26 Å². The van der Waals surface area contributed by atoms with Gasteiger partial charge in [0, 0.05) is 24.3 Å². The maximum Gasteiger partial charge on any atom is 0.142 e. The van der Waals surface area contributed by atoms with Crippen molar-refractivity contribution in [1.29, 1.82) is 5.26 Å². The number of fused-ring (bicyclic) bond motifs is 1. The Balaban J connectivity index is 2.35. The number of rotatable bonds is 3. The quantitative estimate of drug-likeness (QED) is 0.801. The van der Waals surface area contributed by atoms with Gasteiger partial charge in [0.1, 0.15) is 23.6 Å². The molecule has 3 aromatic rings. The maximum absolute atomic E-state index is 9.51. The number of aromatic nitrogens is 2. The van der Waals surface area contributed by atoms with Crippen LogP contribution in [-0.4, -0.2) is 17.1 Å². The van der Waals surface area contributed by atoms with Crippen LogP contribution in [0, 0.1) is 11.3 Å². The summed E-state index contributed by atoms with van der Waals surface area (Å²) in [4.78, 5) is 8.32. The Hall–Kier alpha value is -2.97. The number of methoxy groups -OCH3 is 1. The van der Waals surface area contributed by atoms with E-state index in [1.807, 2.05) is 36.4 Å². The summed E-state index contributed by atoms with van der Waals surface area (Å²) in [6.45, 7) is 0. The Morgan fingerprint density at radius 2 is 2.00 bits per heavy atom. The van der Waals surface area contributed by atoms with Gasteiger partial charge in [0.2, 0.25) is 0 Å². The number of pyridine rings is 2. The van der Waals surface area contributed by atoms with Crippen molar-refractivity contribution in [3.05, 3.63) is 65.5 Å². The van der Waals surface area contributed by atoms with Crippen LogP contribution in [0.1, 0.15) is 22.8 Å². The maximum atomic E-state index is 9.51. The van der Waals surface area contributed by atoms with E-state index >= 15 is 0 Å². The average molecular weight is 290 g/mol. The number of hydrogen-bond acceptors (Lipinski definition) is 5. The molecule has 5 heteroatoms. The molecule has 0 amide bonds. The lowest BCUT2D eigenvalue weighted by Crippen LogP contribution is -2.10. The van der Waals surface area contributed by atoms with Crippen molar-refractivity contribution in [3.8, 4) is 6.07 Å². The first-order valence-electron chi connectivity index (χ1n) is 6.77. The van der Waals surface area contributed by atoms with Gasteiger partial charge in [0.15, 0.2) is 0 Å². The van der Waals surface area contributed by atoms with Crippen molar-refractivity contribution in [2.24, 2.45) is 0 Å². The lowest BCUT2D eigenvalue weighted by Gasteiger charge is -2.20. The Morgan fingerprint density at radius 1 is 1.23 bits per heavy atom. The molecule has 2 heterocycles. The van der Waals surface area contributed by atoms with Gasteiger partial charge in [-0.15, -0.1) is 0 Å². The zero-order chi connectivity index (χ0) is 15.5. The van der Waals surface area contributed by atoms with Crippen LogP contribution in [0.25, 0.3) is 10.9 Å². The molecule has 0 saturated heterocycles. The van der Waals surface area contributed by atoms with Gasteiger partial charge in [-0.2, -0.15) is 5.26 Å². The topological polar surface area (TPSA) is 84.8 Å². The van der Waals surface area contributed by atoms with Crippen LogP contribution in [0.4, 0.5) is 5.82 Å². The summed E-state index contributed by atoms with van der Waals surface area (Å²) in [6, 6.07) is 13.7. The van der Waals surface area contributed by atoms with E-state index < -0.39 is 6.10 Å². The van der Waals surface area contributed by atoms with Crippen LogP contribution in [-0.2, 0) is 4.74 Å². The molecule has 1 unspecified atom stereocenters. The van der Waals surface area contributed by atoms with Crippen molar-refractivity contribution >= 4 is 16.7 Å². The molecule has 1 aromatic carbocycles. The molecule has 0 radical (unpaired) electrons. The molecule has 0 saturated carbocycles. The van der Waals surface area contributed by atoms with Crippen molar-refractivity contribution in [2.45, 2.75) is 6.10 Å². The molecule has 0 bridgehead atoms. The summed E-state index contributed by atoms with van der Waals surface area (Å²) in [6.07, 6.45) is 2.91. The minimum absolute atomic E-state index is 0.191. The van der Waals surface area contributed by atoms with Gasteiger partial charge >= 0.3 is 0 Å². The van der Waals surface area contributed by atoms with Gasteiger partial charge in [-0.05, 0) is 11.6 Å². The highest BCUT2D eigenvalue weighted by Crippen LogP contribution is 2.34. The molecule has 0 aliphatic rings. The largest absolute Gasteiger partial charge is 0.383 e. The predicted octanol–water partition coefficient (Wildman–Crippen LogP) is 2.82. The molecule has 0 fully saturated rings. The minimum Gasteiger partial charge on any atom is -0.383 e. The summed E-state index contributed by atoms with van der Waals surface area (Å²) in [5.41, 5.74) is 8.61. The molecule has 108 valence electrons. The van der Waals surface area contributed by atoms with Gasteiger partial charge < -0.3 is 10.5 Å². The number of nitrogens with zero attached hydrogens (tertiary/aromatic N) is 3. The zero-order valence-electron chi connectivity index (χ0n) is 12.0. The molecule has 5 nitrogen and oxygen atoms in total. The highest BCUT2D eigenvalue weighted by Gasteiger charge is 2.23. The fraction of sp³-hybridized carbons (Fsp3) is 0.118. The van der Waals surface area contributed by atoms with E-state index in [0.717, 1.165) is 16.5 Å². The van der Waals surface area contributed by atoms with Crippen LogP contribution in [0.15, 0.2) is 48.8 Å². The summed E-state index contributed by atoms with van der Waals surface area (Å²) in [7, 11) is 1.61. The summed E-state index contributed by atoms with van der Waals surface area (Å²) in [5.74, 6) is 0.191. The van der Waals surface area contributed by atoms with Crippen molar-refractivity contribution in [2.75, 3.05) is 12.8 Å². The van der Waals surface area contributed by atoms with Gasteiger partial charge in [0.05, 0.1) is 11.7 Å². The van der Waals surface area contributed by atoms with E-state index in [4.69, 9.17) is 10.5 Å². The molecule has 2 aromatic heterocycles. The third kappa shape index (κ3) is 2.26. The molecule has 0 aliphatic carbocycles. The molecule has 2 N–H and O–H groups in total. The van der Waals surface area contributed by atoms with E-state index in [-0.39, 0.29) is 5.82 Å². The van der Waals surface area contributed by atoms with Crippen LogP contribution >= 0.6 is 0 Å². The SMILES string of the molecule is COC(c1ccccc1)c1c(C#N)c(N)nc2cnccc12. The number of anilines is 1. The zero-order valence-corrected chi connectivity index (χ0v) is 12.0. The molecule has 3 rings (SSSR count). The molecular weight excluding hydrogens is 276 g/mol. The number of hydrogen-bond donors (Lipinski definition) is 1. The second kappa shape index (κ2) is 5.80. The molecule has 0 aliphatic heterocycles. The lowest BCUT2D eigenvalue weighted by atomic mass is 9.94. The van der Waals surface area contributed by atoms with Crippen LogP contribution in [0.5, 0.6) is 0 Å². The Morgan fingerprint density at radius 3 is 2.68 bits per heavy atom. The molecular formula is C17H14N4O. The summed E-state index contributed by atoms with van der Waals surface area (Å²) < 4.78 is 5.67. The second-order valence-corrected chi connectivity index (χ2v) is 4.82. The fourth-order valence-electron chi connectivity index (χ4n) is 2.60. The predicted molar refractivity (Wildman–Crippen MR) is 84.0 cm³/mol. The summed E-state index contributed by atoms with van der Waals surface area (Å²) in [5, 5.41) is 10.3. The Labute approximate surface area is 128 Å². The third-order valence-corrected chi connectivity index (χ3v) is 3.57. The lowest BCUT2D eigenvalue weighted by molar-refractivity contribution is 0.137. The van der Waals surface area contributed by atoms with E-state index in [2.05, 4.69) is 16.0 Å². The first-order chi connectivity index (χ1) is 10.8. The van der Waals surface area contributed by atoms with E-state index in [1.165, 1.54) is 0 Å². The van der Waals surface area contributed by atoms with Gasteiger partial charge in [-0.25, -0.2) is 4.98 Å². The Bertz CT molecular complexity index is 856. The van der Waals surface area contributed by atoms with Crippen molar-refractivity contribution < 1.29 is 4.74 Å². The van der Waals surface area contributed by atoms with Crippen LogP contribution in [0.2, 0.25) is 0 Å². The molecule has 0 spiro atoms. The molecule has 22 heavy (non-hydrogen) atoms. The number of nitriles is 1. The van der Waals surface area contributed by atoms with E-state index in [1.54, 1.807) is 19.5 Å². The third-order valence-electron chi connectivity index (χ3n) is 3.57. The minimum atomic E-state index is -0.397. The highest BCUT2D eigenvalue weighted by molar-refractivity contribution is 5.87. The first-order valence-corrected chi connectivity index (χ1v) is 6.77. The average Bonchev–Trinajstić information content (AvgIpc) is 2.56. The van der Waals surface area contributed by atoms with E-state index in [0.29, 0.717) is 11.1 Å². The first kappa shape index (κ1) is 14.0. The number of nitrogens with two attached hydrogens (primary N) is 1. The van der Waals surface area contributed by atoms with Gasteiger partial charge in [0.25, 0.3) is 0 Å². The van der Waals surface area contributed by atoms with Crippen molar-refractivity contribution in [3.63, 3.8) is 0 Å². The monoisotopic (exact) mass is 290 g/mol. The number of benzene rings is 1. The fourth-order valence-corrected chi connectivity index (χ4v) is 2.60. The highest BCUT2D eigenvalue weighted by atomic mass is 16.5. The summed E-state index contributed by atoms with van der Waals surface area (Å²) >= 11 is 0. The van der Waals surface area contributed by atoms with Crippen LogP contribution in [0.3, 0.4) is 0 Å². The Kier molecular flexibility index (Phi) is 3.69. The number of ether oxygens (including phenoxy) is 1. The van der Waals surface area contributed by atoms with Gasteiger partial charge in [-0.1, -0.05) is 30.3 Å².